The standard InChI is InChI=1S/C17H20BrNO/c1-10-5-6-11(2)17(12(10)3)20-16-9-14(18)7-8-15(16)13(4)19/h5-9,13H,19H2,1-4H3. The minimum absolute atomic E-state index is 0.0662. The summed E-state index contributed by atoms with van der Waals surface area (Å²) in [5, 5.41) is 0. The molecule has 0 saturated carbocycles. The van der Waals surface area contributed by atoms with Crippen LogP contribution in [0.3, 0.4) is 0 Å². The molecule has 1 atom stereocenters. The molecule has 0 aromatic heterocycles. The van der Waals surface area contributed by atoms with E-state index in [-0.39, 0.29) is 6.04 Å². The topological polar surface area (TPSA) is 35.2 Å². The molecule has 0 bridgehead atoms. The molecule has 0 amide bonds. The summed E-state index contributed by atoms with van der Waals surface area (Å²) >= 11 is 3.49. The number of hydrogen-bond donors (Lipinski definition) is 1. The zero-order valence-corrected chi connectivity index (χ0v) is 13.9. The van der Waals surface area contributed by atoms with Crippen LogP contribution in [0.2, 0.25) is 0 Å². The maximum Gasteiger partial charge on any atom is 0.133 e. The first kappa shape index (κ1) is 15.1. The highest BCUT2D eigenvalue weighted by molar-refractivity contribution is 9.10. The number of rotatable bonds is 3. The van der Waals surface area contributed by atoms with Gasteiger partial charge in [0.25, 0.3) is 0 Å². The van der Waals surface area contributed by atoms with Crippen molar-refractivity contribution in [2.45, 2.75) is 33.7 Å². The first-order valence-electron chi connectivity index (χ1n) is 6.70. The molecule has 0 aliphatic heterocycles. The number of halogens is 1. The Morgan fingerprint density at radius 2 is 1.70 bits per heavy atom. The lowest BCUT2D eigenvalue weighted by Crippen LogP contribution is -2.07. The van der Waals surface area contributed by atoms with Crippen molar-refractivity contribution >= 4 is 15.9 Å². The first-order chi connectivity index (χ1) is 9.40. The Morgan fingerprint density at radius 1 is 1.05 bits per heavy atom. The van der Waals surface area contributed by atoms with Crippen LogP contribution >= 0.6 is 15.9 Å². The number of benzene rings is 2. The lowest BCUT2D eigenvalue weighted by atomic mass is 10.0. The normalized spacial score (nSPS) is 12.3. The smallest absolute Gasteiger partial charge is 0.133 e. The summed E-state index contributed by atoms with van der Waals surface area (Å²) in [6, 6.07) is 10.1. The Labute approximate surface area is 129 Å². The molecule has 0 radical (unpaired) electrons. The number of nitrogens with two attached hydrogens (primary N) is 1. The van der Waals surface area contributed by atoms with Crippen LogP contribution in [0, 0.1) is 20.8 Å². The Morgan fingerprint density at radius 3 is 2.35 bits per heavy atom. The van der Waals surface area contributed by atoms with Gasteiger partial charge in [-0.1, -0.05) is 34.1 Å². The van der Waals surface area contributed by atoms with E-state index < -0.39 is 0 Å². The summed E-state index contributed by atoms with van der Waals surface area (Å²) in [5.41, 5.74) is 10.6. The third-order valence-corrected chi connectivity index (χ3v) is 4.05. The summed E-state index contributed by atoms with van der Waals surface area (Å²) in [4.78, 5) is 0. The lowest BCUT2D eigenvalue weighted by molar-refractivity contribution is 0.464. The van der Waals surface area contributed by atoms with Gasteiger partial charge in [0.2, 0.25) is 0 Å². The van der Waals surface area contributed by atoms with Crippen molar-refractivity contribution in [2.24, 2.45) is 5.73 Å². The molecular formula is C17H20BrNO. The van der Waals surface area contributed by atoms with Crippen LogP contribution < -0.4 is 10.5 Å². The SMILES string of the molecule is Cc1ccc(C)c(Oc2cc(Br)ccc2C(C)N)c1C. The van der Waals surface area contributed by atoms with Crippen molar-refractivity contribution in [3.05, 3.63) is 57.1 Å². The highest BCUT2D eigenvalue weighted by Gasteiger charge is 2.13. The fourth-order valence-electron chi connectivity index (χ4n) is 2.17. The molecule has 2 nitrogen and oxygen atoms in total. The largest absolute Gasteiger partial charge is 0.456 e. The van der Waals surface area contributed by atoms with Crippen molar-refractivity contribution in [3.8, 4) is 11.5 Å². The summed E-state index contributed by atoms with van der Waals surface area (Å²) in [5.74, 6) is 1.73. The van der Waals surface area contributed by atoms with Gasteiger partial charge in [0.05, 0.1) is 0 Å². The average Bonchev–Trinajstić information content (AvgIpc) is 2.39. The lowest BCUT2D eigenvalue weighted by Gasteiger charge is -2.18. The predicted octanol–water partition coefficient (Wildman–Crippen LogP) is 5.19. The van der Waals surface area contributed by atoms with Gasteiger partial charge in [-0.05, 0) is 56.5 Å². The van der Waals surface area contributed by atoms with Crippen molar-refractivity contribution < 1.29 is 4.74 Å². The van der Waals surface area contributed by atoms with Gasteiger partial charge < -0.3 is 10.5 Å². The molecule has 0 heterocycles. The second-order valence-corrected chi connectivity index (χ2v) is 6.14. The van der Waals surface area contributed by atoms with Crippen LogP contribution in [0.4, 0.5) is 0 Å². The molecule has 2 rings (SSSR count). The number of ether oxygens (including phenoxy) is 1. The van der Waals surface area contributed by atoms with Crippen LogP contribution in [0.1, 0.15) is 35.2 Å². The molecule has 0 spiro atoms. The fourth-order valence-corrected chi connectivity index (χ4v) is 2.51. The average molecular weight is 334 g/mol. The molecule has 1 unspecified atom stereocenters. The van der Waals surface area contributed by atoms with Crippen molar-refractivity contribution in [2.75, 3.05) is 0 Å². The van der Waals surface area contributed by atoms with E-state index in [0.717, 1.165) is 27.1 Å². The second-order valence-electron chi connectivity index (χ2n) is 5.23. The van der Waals surface area contributed by atoms with Crippen molar-refractivity contribution in [1.29, 1.82) is 0 Å². The number of hydrogen-bond acceptors (Lipinski definition) is 2. The van der Waals surface area contributed by atoms with E-state index in [1.165, 1.54) is 11.1 Å². The Balaban J connectivity index is 2.50. The van der Waals surface area contributed by atoms with Crippen LogP contribution in [-0.2, 0) is 0 Å². The zero-order chi connectivity index (χ0) is 14.9. The van der Waals surface area contributed by atoms with Gasteiger partial charge in [0, 0.05) is 16.1 Å². The molecule has 2 N–H and O–H groups in total. The third-order valence-electron chi connectivity index (χ3n) is 3.55. The molecular weight excluding hydrogens is 314 g/mol. The maximum atomic E-state index is 6.18. The van der Waals surface area contributed by atoms with E-state index >= 15 is 0 Å². The van der Waals surface area contributed by atoms with Gasteiger partial charge in [0.1, 0.15) is 11.5 Å². The molecule has 0 saturated heterocycles. The van der Waals surface area contributed by atoms with Crippen molar-refractivity contribution in [1.82, 2.24) is 0 Å². The van der Waals surface area contributed by atoms with E-state index in [2.05, 4.69) is 48.8 Å². The zero-order valence-electron chi connectivity index (χ0n) is 12.3. The Hall–Kier alpha value is -1.32. The van der Waals surface area contributed by atoms with Gasteiger partial charge in [0.15, 0.2) is 0 Å². The summed E-state index contributed by atoms with van der Waals surface area (Å²) in [6.07, 6.45) is 0. The summed E-state index contributed by atoms with van der Waals surface area (Å²) < 4.78 is 7.17. The number of aryl methyl sites for hydroxylation is 2. The molecule has 2 aromatic carbocycles. The molecule has 0 aliphatic carbocycles. The minimum atomic E-state index is -0.0662. The summed E-state index contributed by atoms with van der Waals surface area (Å²) in [7, 11) is 0. The van der Waals surface area contributed by atoms with E-state index in [9.17, 15) is 0 Å². The fraction of sp³-hybridized carbons (Fsp3) is 0.294. The molecule has 3 heteroatoms. The van der Waals surface area contributed by atoms with Crippen LogP contribution in [0.5, 0.6) is 11.5 Å². The quantitative estimate of drug-likeness (QED) is 0.839. The van der Waals surface area contributed by atoms with Gasteiger partial charge in [-0.3, -0.25) is 0 Å². The molecule has 0 fully saturated rings. The highest BCUT2D eigenvalue weighted by Crippen LogP contribution is 2.35. The highest BCUT2D eigenvalue weighted by atomic mass is 79.9. The molecule has 0 aliphatic rings. The second kappa shape index (κ2) is 5.98. The molecule has 2 aromatic rings. The van der Waals surface area contributed by atoms with Crippen molar-refractivity contribution in [3.63, 3.8) is 0 Å². The van der Waals surface area contributed by atoms with Gasteiger partial charge >= 0.3 is 0 Å². The van der Waals surface area contributed by atoms with E-state index in [1.54, 1.807) is 0 Å². The summed E-state index contributed by atoms with van der Waals surface area (Å²) in [6.45, 7) is 8.20. The van der Waals surface area contributed by atoms with Crippen LogP contribution in [0.15, 0.2) is 34.8 Å². The minimum Gasteiger partial charge on any atom is -0.456 e. The van der Waals surface area contributed by atoms with E-state index in [4.69, 9.17) is 10.5 Å². The monoisotopic (exact) mass is 333 g/mol. The Bertz CT molecular complexity index is 635. The molecule has 20 heavy (non-hydrogen) atoms. The van der Waals surface area contributed by atoms with E-state index in [0.29, 0.717) is 0 Å². The Kier molecular flexibility index (Phi) is 4.51. The maximum absolute atomic E-state index is 6.18. The van der Waals surface area contributed by atoms with Gasteiger partial charge in [-0.2, -0.15) is 0 Å². The first-order valence-corrected chi connectivity index (χ1v) is 7.49. The van der Waals surface area contributed by atoms with Crippen LogP contribution in [-0.4, -0.2) is 0 Å². The van der Waals surface area contributed by atoms with Gasteiger partial charge in [-0.15, -0.1) is 0 Å². The van der Waals surface area contributed by atoms with E-state index in [1.807, 2.05) is 25.1 Å². The third kappa shape index (κ3) is 3.05. The predicted molar refractivity (Wildman–Crippen MR) is 87.5 cm³/mol. The molecule has 106 valence electrons. The van der Waals surface area contributed by atoms with Gasteiger partial charge in [-0.25, -0.2) is 0 Å². The van der Waals surface area contributed by atoms with Crippen LogP contribution in [0.25, 0.3) is 0 Å².